The van der Waals surface area contributed by atoms with Crippen LogP contribution in [-0.4, -0.2) is 28.5 Å². The third-order valence-electron chi connectivity index (χ3n) is 2.93. The second kappa shape index (κ2) is 4.90. The highest BCUT2D eigenvalue weighted by Gasteiger charge is 2.35. The lowest BCUT2D eigenvalue weighted by molar-refractivity contribution is 0.0652. The van der Waals surface area contributed by atoms with Crippen LogP contribution in [0.2, 0.25) is 0 Å². The highest BCUT2D eigenvalue weighted by Crippen LogP contribution is 2.24. The first kappa shape index (κ1) is 12.8. The molecule has 18 heavy (non-hydrogen) atoms. The van der Waals surface area contributed by atoms with Gasteiger partial charge >= 0.3 is 0 Å². The van der Waals surface area contributed by atoms with E-state index in [4.69, 9.17) is 11.6 Å². The van der Waals surface area contributed by atoms with Gasteiger partial charge in [0.05, 0.1) is 11.1 Å². The zero-order chi connectivity index (χ0) is 13.3. The Morgan fingerprint density at radius 1 is 1.22 bits per heavy atom. The Hall–Kier alpha value is -1.68. The number of imide groups is 1. The number of hydrogen-bond acceptors (Lipinski definition) is 3. The molecule has 0 N–H and O–H groups in total. The van der Waals surface area contributed by atoms with Crippen molar-refractivity contribution in [2.24, 2.45) is 0 Å². The summed E-state index contributed by atoms with van der Waals surface area (Å²) in [6, 6.07) is 4.33. The molecule has 0 bridgehead atoms. The van der Waals surface area contributed by atoms with Crippen molar-refractivity contribution in [2.45, 2.75) is 19.8 Å². The van der Waals surface area contributed by atoms with Crippen LogP contribution in [0.3, 0.4) is 0 Å². The van der Waals surface area contributed by atoms with Gasteiger partial charge in [0.15, 0.2) is 0 Å². The Balaban J connectivity index is 2.36. The topological polar surface area (TPSA) is 54.5 Å². The molecule has 1 heterocycles. The molecule has 0 radical (unpaired) electrons. The van der Waals surface area contributed by atoms with Gasteiger partial charge in [-0.3, -0.25) is 19.3 Å². The lowest BCUT2D eigenvalue weighted by atomic mass is 10.1. The average molecular weight is 266 g/mol. The summed E-state index contributed by atoms with van der Waals surface area (Å²) in [7, 11) is 0. The van der Waals surface area contributed by atoms with Crippen molar-refractivity contribution >= 4 is 28.7 Å². The summed E-state index contributed by atoms with van der Waals surface area (Å²) in [5.74, 6) is -0.639. The number of nitrogens with zero attached hydrogens (tertiary/aromatic N) is 1. The minimum Gasteiger partial charge on any atom is -0.276 e. The molecule has 1 aromatic rings. The average Bonchev–Trinajstić information content (AvgIpc) is 2.59. The maximum Gasteiger partial charge on any atom is 0.261 e. The number of halogens is 1. The minimum absolute atomic E-state index is 0.230. The van der Waals surface area contributed by atoms with Crippen LogP contribution in [0.5, 0.6) is 0 Å². The molecule has 2 amide bonds. The van der Waals surface area contributed by atoms with Crippen molar-refractivity contribution in [1.82, 2.24) is 4.90 Å². The van der Waals surface area contributed by atoms with Gasteiger partial charge in [0.2, 0.25) is 0 Å². The van der Waals surface area contributed by atoms with Crippen LogP contribution >= 0.6 is 11.6 Å². The quantitative estimate of drug-likeness (QED) is 0.621. The van der Waals surface area contributed by atoms with Crippen LogP contribution in [-0.2, 0) is 0 Å². The van der Waals surface area contributed by atoms with E-state index < -0.39 is 5.24 Å². The number of rotatable bonds is 4. The number of carbonyl (C=O) groups is 3. The van der Waals surface area contributed by atoms with E-state index in [1.54, 1.807) is 0 Å². The molecule has 0 aliphatic carbocycles. The molecular weight excluding hydrogens is 254 g/mol. The first-order chi connectivity index (χ1) is 8.56. The molecule has 1 aliphatic heterocycles. The van der Waals surface area contributed by atoms with Crippen molar-refractivity contribution in [1.29, 1.82) is 0 Å². The maximum absolute atomic E-state index is 12.0. The summed E-state index contributed by atoms with van der Waals surface area (Å²) in [5.41, 5.74) is 0.842. The van der Waals surface area contributed by atoms with Gasteiger partial charge in [0.1, 0.15) is 0 Å². The monoisotopic (exact) mass is 265 g/mol. The first-order valence-corrected chi connectivity index (χ1v) is 6.14. The van der Waals surface area contributed by atoms with E-state index in [-0.39, 0.29) is 22.9 Å². The predicted octanol–water partition coefficient (Wildman–Crippen LogP) is 2.46. The van der Waals surface area contributed by atoms with Crippen molar-refractivity contribution in [3.63, 3.8) is 0 Å². The normalized spacial score (nSPS) is 14.0. The second-order valence-corrected chi connectivity index (χ2v) is 4.49. The molecule has 94 valence electrons. The molecule has 4 nitrogen and oxygen atoms in total. The highest BCUT2D eigenvalue weighted by atomic mass is 35.5. The number of unbranched alkanes of at least 4 members (excludes halogenated alkanes) is 1. The lowest BCUT2D eigenvalue weighted by Crippen LogP contribution is -2.30. The smallest absolute Gasteiger partial charge is 0.261 e. The molecule has 0 saturated heterocycles. The second-order valence-electron chi connectivity index (χ2n) is 4.15. The molecule has 0 atom stereocenters. The molecule has 1 aromatic carbocycles. The lowest BCUT2D eigenvalue weighted by Gasteiger charge is -2.12. The molecule has 1 aliphatic rings. The Morgan fingerprint density at radius 3 is 2.50 bits per heavy atom. The van der Waals surface area contributed by atoms with E-state index in [0.29, 0.717) is 12.1 Å². The SMILES string of the molecule is CCCCN1C(=O)c2ccc(C(=O)Cl)cc2C1=O. The Bertz CT molecular complexity index is 539. The number of carbonyl (C=O) groups excluding carboxylic acids is 3. The number of benzene rings is 1. The Morgan fingerprint density at radius 2 is 1.89 bits per heavy atom. The van der Waals surface area contributed by atoms with Gasteiger partial charge in [0.25, 0.3) is 17.1 Å². The summed E-state index contributed by atoms with van der Waals surface area (Å²) in [6.07, 6.45) is 1.67. The standard InChI is InChI=1S/C13H12ClNO3/c1-2-3-6-15-12(17)9-5-4-8(11(14)16)7-10(9)13(15)18/h4-5,7H,2-3,6H2,1H3. The van der Waals surface area contributed by atoms with E-state index in [9.17, 15) is 14.4 Å². The van der Waals surface area contributed by atoms with Gasteiger partial charge in [-0.2, -0.15) is 0 Å². The van der Waals surface area contributed by atoms with Gasteiger partial charge < -0.3 is 0 Å². The zero-order valence-electron chi connectivity index (χ0n) is 9.90. The fourth-order valence-corrected chi connectivity index (χ4v) is 2.05. The number of hydrogen-bond donors (Lipinski definition) is 0. The van der Waals surface area contributed by atoms with Gasteiger partial charge in [0, 0.05) is 12.1 Å². The third kappa shape index (κ3) is 2.04. The van der Waals surface area contributed by atoms with Crippen LogP contribution in [0, 0.1) is 0 Å². The highest BCUT2D eigenvalue weighted by molar-refractivity contribution is 6.67. The van der Waals surface area contributed by atoms with Crippen LogP contribution in [0.15, 0.2) is 18.2 Å². The minimum atomic E-state index is -0.634. The van der Waals surface area contributed by atoms with Crippen molar-refractivity contribution in [3.8, 4) is 0 Å². The molecule has 2 rings (SSSR count). The predicted molar refractivity (Wildman–Crippen MR) is 66.9 cm³/mol. The molecule has 0 unspecified atom stereocenters. The van der Waals surface area contributed by atoms with Crippen molar-refractivity contribution in [3.05, 3.63) is 34.9 Å². The summed E-state index contributed by atoms with van der Waals surface area (Å²) >= 11 is 5.36. The Labute approximate surface area is 110 Å². The van der Waals surface area contributed by atoms with E-state index in [1.807, 2.05) is 6.92 Å². The van der Waals surface area contributed by atoms with Gasteiger partial charge in [-0.25, -0.2) is 0 Å². The van der Waals surface area contributed by atoms with E-state index in [1.165, 1.54) is 23.1 Å². The van der Waals surface area contributed by atoms with Crippen LogP contribution in [0.25, 0.3) is 0 Å². The largest absolute Gasteiger partial charge is 0.276 e. The van der Waals surface area contributed by atoms with Crippen molar-refractivity contribution < 1.29 is 14.4 Å². The molecule has 0 fully saturated rings. The van der Waals surface area contributed by atoms with Crippen LogP contribution in [0.4, 0.5) is 0 Å². The first-order valence-electron chi connectivity index (χ1n) is 5.76. The summed E-state index contributed by atoms with van der Waals surface area (Å²) in [6.45, 7) is 2.40. The van der Waals surface area contributed by atoms with Gasteiger partial charge in [-0.1, -0.05) is 13.3 Å². The fraction of sp³-hybridized carbons (Fsp3) is 0.308. The molecule has 0 saturated carbocycles. The zero-order valence-corrected chi connectivity index (χ0v) is 10.7. The number of amides is 2. The molecule has 0 aromatic heterocycles. The fourth-order valence-electron chi connectivity index (χ4n) is 1.93. The van der Waals surface area contributed by atoms with E-state index in [2.05, 4.69) is 0 Å². The molecule has 0 spiro atoms. The van der Waals surface area contributed by atoms with Crippen molar-refractivity contribution in [2.75, 3.05) is 6.54 Å². The maximum atomic E-state index is 12.0. The summed E-state index contributed by atoms with van der Waals surface area (Å²) in [4.78, 5) is 36.3. The molecular formula is C13H12ClNO3. The molecule has 5 heteroatoms. The van der Waals surface area contributed by atoms with Gasteiger partial charge in [-0.05, 0) is 36.2 Å². The summed E-state index contributed by atoms with van der Waals surface area (Å²) in [5, 5.41) is -0.634. The van der Waals surface area contributed by atoms with Crippen LogP contribution in [0.1, 0.15) is 50.8 Å². The van der Waals surface area contributed by atoms with Gasteiger partial charge in [-0.15, -0.1) is 0 Å². The third-order valence-corrected chi connectivity index (χ3v) is 3.15. The van der Waals surface area contributed by atoms with E-state index in [0.717, 1.165) is 12.8 Å². The summed E-state index contributed by atoms with van der Waals surface area (Å²) < 4.78 is 0. The van der Waals surface area contributed by atoms with Crippen LogP contribution < -0.4 is 0 Å². The number of fused-ring (bicyclic) bond motifs is 1. The Kier molecular flexibility index (Phi) is 3.48. The van der Waals surface area contributed by atoms with E-state index >= 15 is 0 Å².